The summed E-state index contributed by atoms with van der Waals surface area (Å²) in [5, 5.41) is 3.17. The summed E-state index contributed by atoms with van der Waals surface area (Å²) in [6, 6.07) is 3.55. The fourth-order valence-electron chi connectivity index (χ4n) is 2.94. The Labute approximate surface area is 165 Å². The lowest BCUT2D eigenvalue weighted by molar-refractivity contribution is -0.118. The number of carbonyl (C=O) groups is 1. The molecule has 3 rings (SSSR count). The van der Waals surface area contributed by atoms with Gasteiger partial charge in [0.05, 0.1) is 23.9 Å². The molecule has 8 nitrogen and oxygen atoms in total. The van der Waals surface area contributed by atoms with E-state index in [1.54, 1.807) is 31.6 Å². The normalized spacial score (nSPS) is 11.1. The number of hydrogen-bond acceptors (Lipinski definition) is 6. The summed E-state index contributed by atoms with van der Waals surface area (Å²) in [5.74, 6) is 0.640. The van der Waals surface area contributed by atoms with E-state index in [4.69, 9.17) is 4.42 Å². The third kappa shape index (κ3) is 3.89. The van der Waals surface area contributed by atoms with Crippen molar-refractivity contribution in [3.8, 4) is 0 Å². The van der Waals surface area contributed by atoms with Gasteiger partial charge in [-0.05, 0) is 24.1 Å². The molecule has 3 heterocycles. The molecule has 0 radical (unpaired) electrons. The van der Waals surface area contributed by atoms with Crippen LogP contribution in [0.2, 0.25) is 0 Å². The molecule has 0 bridgehead atoms. The molecule has 0 aromatic carbocycles. The molecule has 1 amide bonds. The fraction of sp³-hybridized carbons (Fsp3) is 0.368. The number of aryl methyl sites for hydroxylation is 2. The molecule has 1 N–H and O–H groups in total. The van der Waals surface area contributed by atoms with E-state index in [1.807, 2.05) is 6.92 Å². The lowest BCUT2D eigenvalue weighted by Crippen LogP contribution is -2.37. The number of furan rings is 1. The van der Waals surface area contributed by atoms with Crippen LogP contribution in [-0.4, -0.2) is 25.8 Å². The van der Waals surface area contributed by atoms with Gasteiger partial charge in [-0.15, -0.1) is 11.8 Å². The smallest absolute Gasteiger partial charge is 0.332 e. The van der Waals surface area contributed by atoms with Gasteiger partial charge in [0, 0.05) is 25.2 Å². The van der Waals surface area contributed by atoms with Gasteiger partial charge in [0.15, 0.2) is 0 Å². The Kier molecular flexibility index (Phi) is 6.03. The predicted molar refractivity (Wildman–Crippen MR) is 107 cm³/mol. The van der Waals surface area contributed by atoms with E-state index < -0.39 is 11.2 Å². The minimum absolute atomic E-state index is 0.141. The number of nitrogens with zero attached hydrogens (tertiary/aromatic N) is 3. The zero-order valence-electron chi connectivity index (χ0n) is 16.0. The average molecular weight is 402 g/mol. The number of rotatable bonds is 7. The van der Waals surface area contributed by atoms with Gasteiger partial charge in [-0.25, -0.2) is 9.78 Å². The van der Waals surface area contributed by atoms with Crippen LogP contribution in [0.3, 0.4) is 0 Å². The van der Waals surface area contributed by atoms with E-state index in [-0.39, 0.29) is 11.7 Å². The van der Waals surface area contributed by atoms with E-state index in [9.17, 15) is 14.4 Å². The van der Waals surface area contributed by atoms with E-state index in [1.165, 1.54) is 23.4 Å². The summed E-state index contributed by atoms with van der Waals surface area (Å²) in [6.45, 7) is 2.34. The largest absolute Gasteiger partial charge is 0.467 e. The van der Waals surface area contributed by atoms with E-state index in [0.717, 1.165) is 23.0 Å². The van der Waals surface area contributed by atoms with Crippen LogP contribution in [-0.2, 0) is 31.9 Å². The molecule has 148 valence electrons. The first kappa shape index (κ1) is 19.9. The Hall–Kier alpha value is -2.81. The second-order valence-corrected chi connectivity index (χ2v) is 7.40. The van der Waals surface area contributed by atoms with Gasteiger partial charge in [-0.1, -0.05) is 13.3 Å². The van der Waals surface area contributed by atoms with Gasteiger partial charge in [0.2, 0.25) is 5.91 Å². The second-order valence-electron chi connectivity index (χ2n) is 6.41. The highest BCUT2D eigenvalue weighted by molar-refractivity contribution is 8.00. The van der Waals surface area contributed by atoms with Crippen LogP contribution >= 0.6 is 11.8 Å². The van der Waals surface area contributed by atoms with Gasteiger partial charge >= 0.3 is 5.69 Å². The summed E-state index contributed by atoms with van der Waals surface area (Å²) in [4.78, 5) is 42.3. The van der Waals surface area contributed by atoms with Gasteiger partial charge in [-0.3, -0.25) is 18.7 Å². The standard InChI is InChI=1S/C19H22N4O4S/c1-4-6-12-9-21-17-15(18(25)23(3)19(26)22(17)2)16(12)28-11-14(24)20-10-13-7-5-8-27-13/h5,7-9H,4,6,10-11H2,1-3H3,(H,20,24). The number of aromatic nitrogens is 3. The summed E-state index contributed by atoms with van der Waals surface area (Å²) in [6.07, 6.45) is 4.84. The summed E-state index contributed by atoms with van der Waals surface area (Å²) in [5.41, 5.74) is 0.392. The Balaban J connectivity index is 1.93. The minimum Gasteiger partial charge on any atom is -0.467 e. The average Bonchev–Trinajstić information content (AvgIpc) is 3.21. The van der Waals surface area contributed by atoms with Crippen LogP contribution < -0.4 is 16.6 Å². The molecule has 0 aliphatic carbocycles. The molecule has 3 aromatic heterocycles. The van der Waals surface area contributed by atoms with Gasteiger partial charge < -0.3 is 9.73 Å². The van der Waals surface area contributed by atoms with Crippen molar-refractivity contribution < 1.29 is 9.21 Å². The lowest BCUT2D eigenvalue weighted by atomic mass is 10.1. The van der Waals surface area contributed by atoms with E-state index in [0.29, 0.717) is 28.2 Å². The van der Waals surface area contributed by atoms with Crippen molar-refractivity contribution >= 4 is 28.7 Å². The fourth-order valence-corrected chi connectivity index (χ4v) is 3.98. The molecule has 0 aliphatic heterocycles. The first-order valence-electron chi connectivity index (χ1n) is 8.93. The summed E-state index contributed by atoms with van der Waals surface area (Å²) >= 11 is 1.29. The highest BCUT2D eigenvalue weighted by Crippen LogP contribution is 2.28. The maximum Gasteiger partial charge on any atom is 0.332 e. The van der Waals surface area contributed by atoms with Gasteiger partial charge in [0.1, 0.15) is 11.4 Å². The number of fused-ring (bicyclic) bond motifs is 1. The van der Waals surface area contributed by atoms with Crippen LogP contribution in [0.25, 0.3) is 11.0 Å². The van der Waals surface area contributed by atoms with E-state index >= 15 is 0 Å². The van der Waals surface area contributed by atoms with Crippen LogP contribution in [0.1, 0.15) is 24.7 Å². The molecule has 0 fully saturated rings. The minimum atomic E-state index is -0.430. The molecule has 9 heteroatoms. The monoisotopic (exact) mass is 402 g/mol. The molecule has 28 heavy (non-hydrogen) atoms. The van der Waals surface area contributed by atoms with E-state index in [2.05, 4.69) is 10.3 Å². The van der Waals surface area contributed by atoms with Crippen molar-refractivity contribution in [3.63, 3.8) is 0 Å². The van der Waals surface area contributed by atoms with Crippen molar-refractivity contribution in [3.05, 3.63) is 56.8 Å². The number of carbonyl (C=O) groups excluding carboxylic acids is 1. The maximum absolute atomic E-state index is 12.8. The SMILES string of the molecule is CCCc1cnc2c(c1SCC(=O)NCc1ccco1)c(=O)n(C)c(=O)n2C. The maximum atomic E-state index is 12.8. The first-order chi connectivity index (χ1) is 13.4. The van der Waals surface area contributed by atoms with Crippen LogP contribution in [0.5, 0.6) is 0 Å². The highest BCUT2D eigenvalue weighted by Gasteiger charge is 2.18. The van der Waals surface area contributed by atoms with Crippen molar-refractivity contribution in [2.24, 2.45) is 14.1 Å². The predicted octanol–water partition coefficient (Wildman–Crippen LogP) is 1.59. The zero-order chi connectivity index (χ0) is 20.3. The van der Waals surface area contributed by atoms with Crippen molar-refractivity contribution in [1.82, 2.24) is 19.4 Å². The zero-order valence-corrected chi connectivity index (χ0v) is 16.8. The number of amides is 1. The molecule has 0 atom stereocenters. The Bertz CT molecular complexity index is 1120. The quantitative estimate of drug-likeness (QED) is 0.603. The van der Waals surface area contributed by atoms with Crippen LogP contribution in [0, 0.1) is 0 Å². The van der Waals surface area contributed by atoms with Crippen LogP contribution in [0.15, 0.2) is 43.5 Å². The number of hydrogen-bond donors (Lipinski definition) is 1. The lowest BCUT2D eigenvalue weighted by Gasteiger charge is -2.14. The molecule has 0 saturated heterocycles. The molecule has 0 unspecified atom stereocenters. The van der Waals surface area contributed by atoms with Crippen molar-refractivity contribution in [2.45, 2.75) is 31.2 Å². The molecule has 3 aromatic rings. The number of thioether (sulfide) groups is 1. The Morgan fingerprint density at radius 1 is 1.29 bits per heavy atom. The van der Waals surface area contributed by atoms with Gasteiger partial charge in [-0.2, -0.15) is 0 Å². The number of pyridine rings is 1. The Morgan fingerprint density at radius 2 is 2.07 bits per heavy atom. The molecule has 0 aliphatic rings. The summed E-state index contributed by atoms with van der Waals surface area (Å²) < 4.78 is 7.63. The highest BCUT2D eigenvalue weighted by atomic mass is 32.2. The Morgan fingerprint density at radius 3 is 2.75 bits per heavy atom. The molecular formula is C19H22N4O4S. The molecular weight excluding hydrogens is 380 g/mol. The third-order valence-electron chi connectivity index (χ3n) is 4.40. The molecule has 0 spiro atoms. The third-order valence-corrected chi connectivity index (χ3v) is 5.56. The van der Waals surface area contributed by atoms with Crippen molar-refractivity contribution in [2.75, 3.05) is 5.75 Å². The molecule has 0 saturated carbocycles. The first-order valence-corrected chi connectivity index (χ1v) is 9.92. The van der Waals surface area contributed by atoms with Crippen molar-refractivity contribution in [1.29, 1.82) is 0 Å². The van der Waals surface area contributed by atoms with Crippen LogP contribution in [0.4, 0.5) is 0 Å². The summed E-state index contributed by atoms with van der Waals surface area (Å²) in [7, 11) is 3.03. The number of nitrogens with one attached hydrogen (secondary N) is 1. The van der Waals surface area contributed by atoms with Gasteiger partial charge in [0.25, 0.3) is 5.56 Å². The topological polar surface area (TPSA) is 99.1 Å². The second kappa shape index (κ2) is 8.47.